The van der Waals surface area contributed by atoms with Gasteiger partial charge in [-0.2, -0.15) is 0 Å². The molecule has 3 amide bonds. The topological polar surface area (TPSA) is 75.4 Å². The predicted molar refractivity (Wildman–Crippen MR) is 98.3 cm³/mol. The molecule has 6 heteroatoms. The van der Waals surface area contributed by atoms with Crippen molar-refractivity contribution in [1.82, 2.24) is 15.2 Å². The largest absolute Gasteiger partial charge is 0.444 e. The van der Waals surface area contributed by atoms with Crippen LogP contribution in [0, 0.1) is 6.92 Å². The number of nitrogens with one attached hydrogen (secondary N) is 1. The first kappa shape index (κ1) is 18.2. The Labute approximate surface area is 153 Å². The first-order chi connectivity index (χ1) is 12.5. The molecule has 0 spiro atoms. The zero-order chi connectivity index (χ0) is 18.7. The van der Waals surface area contributed by atoms with Crippen LogP contribution >= 0.6 is 0 Å². The summed E-state index contributed by atoms with van der Waals surface area (Å²) in [6.07, 6.45) is 4.48. The fourth-order valence-corrected chi connectivity index (χ4v) is 3.51. The number of oxazole rings is 1. The first-order valence-corrected chi connectivity index (χ1v) is 9.14. The van der Waals surface area contributed by atoms with Crippen LogP contribution in [-0.2, 0) is 11.3 Å². The summed E-state index contributed by atoms with van der Waals surface area (Å²) in [6.45, 7) is 6.17. The van der Waals surface area contributed by atoms with Crippen LogP contribution in [0.3, 0.4) is 0 Å². The molecule has 1 fully saturated rings. The van der Waals surface area contributed by atoms with Crippen LogP contribution in [0.1, 0.15) is 50.8 Å². The van der Waals surface area contributed by atoms with Gasteiger partial charge in [-0.15, -0.1) is 0 Å². The summed E-state index contributed by atoms with van der Waals surface area (Å²) in [5, 5.41) is 2.91. The van der Waals surface area contributed by atoms with Crippen LogP contribution in [-0.4, -0.2) is 27.4 Å². The van der Waals surface area contributed by atoms with Crippen molar-refractivity contribution in [2.75, 3.05) is 0 Å². The van der Waals surface area contributed by atoms with E-state index in [2.05, 4.69) is 10.3 Å². The van der Waals surface area contributed by atoms with Crippen molar-refractivity contribution >= 4 is 11.9 Å². The minimum Gasteiger partial charge on any atom is -0.444 e. The second kappa shape index (κ2) is 7.32. The number of rotatable bonds is 7. The molecule has 1 aromatic carbocycles. The Bertz CT molecular complexity index is 789. The Kier molecular flexibility index (Phi) is 5.11. The molecule has 26 heavy (non-hydrogen) atoms. The highest BCUT2D eigenvalue weighted by Gasteiger charge is 2.49. The van der Waals surface area contributed by atoms with Gasteiger partial charge in [-0.3, -0.25) is 9.69 Å². The third-order valence-electron chi connectivity index (χ3n) is 4.77. The van der Waals surface area contributed by atoms with E-state index in [-0.39, 0.29) is 18.5 Å². The van der Waals surface area contributed by atoms with Gasteiger partial charge in [0.25, 0.3) is 5.91 Å². The summed E-state index contributed by atoms with van der Waals surface area (Å²) in [5.74, 6) is 0.325. The highest BCUT2D eigenvalue weighted by molar-refractivity contribution is 6.06. The van der Waals surface area contributed by atoms with Gasteiger partial charge in [0.05, 0.1) is 12.2 Å². The van der Waals surface area contributed by atoms with E-state index in [4.69, 9.17) is 4.42 Å². The first-order valence-electron chi connectivity index (χ1n) is 9.14. The lowest BCUT2D eigenvalue weighted by molar-refractivity contribution is -0.132. The van der Waals surface area contributed by atoms with Gasteiger partial charge in [-0.05, 0) is 31.9 Å². The summed E-state index contributed by atoms with van der Waals surface area (Å²) in [5.41, 5.74) is 1.81. The van der Waals surface area contributed by atoms with Crippen molar-refractivity contribution in [2.24, 2.45) is 0 Å². The van der Waals surface area contributed by atoms with Crippen molar-refractivity contribution in [3.05, 3.63) is 41.8 Å². The molecule has 1 aliphatic heterocycles. The maximum Gasteiger partial charge on any atom is 0.325 e. The SMILES string of the molecule is CCCC1(CCC)NC(=O)N(Cc2coc(-c3ccc(C)cc3)n2)C1=O. The van der Waals surface area contributed by atoms with E-state index in [1.165, 1.54) is 11.2 Å². The number of amides is 3. The van der Waals surface area contributed by atoms with Crippen molar-refractivity contribution in [1.29, 1.82) is 0 Å². The average Bonchev–Trinajstić information content (AvgIpc) is 3.16. The van der Waals surface area contributed by atoms with Crippen LogP contribution in [0.4, 0.5) is 4.79 Å². The number of benzene rings is 1. The highest BCUT2D eigenvalue weighted by atomic mass is 16.3. The molecule has 1 aromatic heterocycles. The molecule has 0 aliphatic carbocycles. The van der Waals surface area contributed by atoms with Crippen LogP contribution in [0.2, 0.25) is 0 Å². The molecule has 2 aromatic rings. The van der Waals surface area contributed by atoms with Crippen molar-refractivity contribution < 1.29 is 14.0 Å². The van der Waals surface area contributed by atoms with Crippen molar-refractivity contribution in [2.45, 2.75) is 58.5 Å². The molecule has 6 nitrogen and oxygen atoms in total. The number of aryl methyl sites for hydroxylation is 1. The molecule has 0 saturated carbocycles. The summed E-state index contributed by atoms with van der Waals surface area (Å²) >= 11 is 0. The van der Waals surface area contributed by atoms with E-state index < -0.39 is 5.54 Å². The molecule has 0 unspecified atom stereocenters. The molecule has 3 rings (SSSR count). The second-order valence-electron chi connectivity index (χ2n) is 6.91. The van der Waals surface area contributed by atoms with Crippen LogP contribution in [0.5, 0.6) is 0 Å². The Morgan fingerprint density at radius 1 is 1.12 bits per heavy atom. The zero-order valence-corrected chi connectivity index (χ0v) is 15.5. The third-order valence-corrected chi connectivity index (χ3v) is 4.77. The number of hydrogen-bond acceptors (Lipinski definition) is 4. The smallest absolute Gasteiger partial charge is 0.325 e. The maximum atomic E-state index is 12.9. The highest BCUT2D eigenvalue weighted by Crippen LogP contribution is 2.29. The Morgan fingerprint density at radius 3 is 2.38 bits per heavy atom. The van der Waals surface area contributed by atoms with Crippen molar-refractivity contribution in [3.8, 4) is 11.5 Å². The second-order valence-corrected chi connectivity index (χ2v) is 6.91. The number of carbonyl (C=O) groups excluding carboxylic acids is 2. The van der Waals surface area contributed by atoms with Crippen LogP contribution in [0.25, 0.3) is 11.5 Å². The van der Waals surface area contributed by atoms with Gasteiger partial charge in [0, 0.05) is 5.56 Å². The summed E-state index contributed by atoms with van der Waals surface area (Å²) in [6, 6.07) is 7.50. The Morgan fingerprint density at radius 2 is 1.77 bits per heavy atom. The standard InChI is InChI=1S/C20H25N3O3/c1-4-10-20(11-5-2)18(24)23(19(25)22-20)12-16-13-26-17(21-16)15-8-6-14(3)7-9-15/h6-9,13H,4-5,10-12H2,1-3H3,(H,22,25). The van der Waals surface area contributed by atoms with Gasteiger partial charge >= 0.3 is 6.03 Å². The lowest BCUT2D eigenvalue weighted by atomic mass is 9.88. The van der Waals surface area contributed by atoms with Gasteiger partial charge in [0.1, 0.15) is 11.8 Å². The summed E-state index contributed by atoms with van der Waals surface area (Å²) in [7, 11) is 0. The van der Waals surface area contributed by atoms with Crippen LogP contribution < -0.4 is 5.32 Å². The lowest BCUT2D eigenvalue weighted by Crippen LogP contribution is -2.46. The maximum absolute atomic E-state index is 12.9. The monoisotopic (exact) mass is 355 g/mol. The van der Waals surface area contributed by atoms with Gasteiger partial charge in [-0.25, -0.2) is 9.78 Å². The Hall–Kier alpha value is -2.63. The molecule has 1 N–H and O–H groups in total. The van der Waals surface area contributed by atoms with Crippen LogP contribution in [0.15, 0.2) is 34.9 Å². The van der Waals surface area contributed by atoms with Crippen molar-refractivity contribution in [3.63, 3.8) is 0 Å². The number of carbonyl (C=O) groups is 2. The van der Waals surface area contributed by atoms with Gasteiger partial charge in [-0.1, -0.05) is 44.4 Å². The lowest BCUT2D eigenvalue weighted by Gasteiger charge is -2.25. The predicted octanol–water partition coefficient (Wildman–Crippen LogP) is 4.04. The molecule has 138 valence electrons. The van der Waals surface area contributed by atoms with E-state index in [1.54, 1.807) is 0 Å². The molecule has 2 heterocycles. The van der Waals surface area contributed by atoms with E-state index in [9.17, 15) is 9.59 Å². The van der Waals surface area contributed by atoms with E-state index in [0.29, 0.717) is 24.4 Å². The average molecular weight is 355 g/mol. The van der Waals surface area contributed by atoms with Gasteiger partial charge in [0.2, 0.25) is 5.89 Å². The fourth-order valence-electron chi connectivity index (χ4n) is 3.51. The molecule has 1 saturated heterocycles. The Balaban J connectivity index is 1.77. The normalized spacial score (nSPS) is 16.2. The quantitative estimate of drug-likeness (QED) is 0.761. The number of urea groups is 1. The fraction of sp³-hybridized carbons (Fsp3) is 0.450. The van der Waals surface area contributed by atoms with Gasteiger partial charge in [0.15, 0.2) is 0 Å². The number of imide groups is 1. The third kappa shape index (κ3) is 3.36. The summed E-state index contributed by atoms with van der Waals surface area (Å²) < 4.78 is 5.54. The molecular weight excluding hydrogens is 330 g/mol. The number of hydrogen-bond donors (Lipinski definition) is 1. The van der Waals surface area contributed by atoms with E-state index in [0.717, 1.165) is 24.0 Å². The molecule has 0 radical (unpaired) electrons. The molecule has 0 bridgehead atoms. The zero-order valence-electron chi connectivity index (χ0n) is 15.5. The minimum absolute atomic E-state index is 0.120. The molecule has 0 atom stereocenters. The number of aromatic nitrogens is 1. The molecular formula is C20H25N3O3. The summed E-state index contributed by atoms with van der Waals surface area (Å²) in [4.78, 5) is 31.0. The van der Waals surface area contributed by atoms with Gasteiger partial charge < -0.3 is 9.73 Å². The van der Waals surface area contributed by atoms with E-state index in [1.807, 2.05) is 45.0 Å². The molecule has 1 aliphatic rings. The van der Waals surface area contributed by atoms with E-state index >= 15 is 0 Å². The number of nitrogens with zero attached hydrogens (tertiary/aromatic N) is 2. The minimum atomic E-state index is -0.774.